The minimum absolute atomic E-state index is 0.120. The first-order valence-corrected chi connectivity index (χ1v) is 5.53. The molecule has 1 heterocycles. The van der Waals surface area contributed by atoms with Crippen molar-refractivity contribution in [3.05, 3.63) is 0 Å². The zero-order valence-electron chi connectivity index (χ0n) is 8.91. The molecule has 5 nitrogen and oxygen atoms in total. The van der Waals surface area contributed by atoms with Crippen LogP contribution in [0.25, 0.3) is 0 Å². The Bertz CT molecular complexity index is 187. The van der Waals surface area contributed by atoms with Crippen molar-refractivity contribution in [1.29, 1.82) is 0 Å². The lowest BCUT2D eigenvalue weighted by Crippen LogP contribution is -2.49. The zero-order valence-corrected chi connectivity index (χ0v) is 8.91. The normalized spacial score (nSPS) is 22.5. The molecule has 15 heavy (non-hydrogen) atoms. The topological polar surface area (TPSA) is 81.6 Å². The lowest BCUT2D eigenvalue weighted by molar-refractivity contribution is -0.124. The highest BCUT2D eigenvalue weighted by Gasteiger charge is 2.21. The summed E-state index contributed by atoms with van der Waals surface area (Å²) >= 11 is 0. The molecule has 1 aliphatic heterocycles. The van der Waals surface area contributed by atoms with Crippen LogP contribution in [-0.4, -0.2) is 48.0 Å². The van der Waals surface area contributed by atoms with E-state index in [9.17, 15) is 4.79 Å². The molecule has 4 N–H and O–H groups in total. The van der Waals surface area contributed by atoms with Gasteiger partial charge in [0.25, 0.3) is 0 Å². The first-order valence-electron chi connectivity index (χ1n) is 5.53. The van der Waals surface area contributed by atoms with Crippen LogP contribution >= 0.6 is 0 Å². The van der Waals surface area contributed by atoms with Gasteiger partial charge in [-0.2, -0.15) is 0 Å². The van der Waals surface area contributed by atoms with Crippen LogP contribution in [0.15, 0.2) is 0 Å². The Balaban J connectivity index is 2.36. The number of carbonyl (C=O) groups excluding carboxylic acids is 1. The maximum absolute atomic E-state index is 11.7. The summed E-state index contributed by atoms with van der Waals surface area (Å²) in [4.78, 5) is 11.7. The Morgan fingerprint density at radius 1 is 1.33 bits per heavy atom. The molecule has 88 valence electrons. The van der Waals surface area contributed by atoms with Crippen molar-refractivity contribution in [2.45, 2.75) is 37.8 Å². The molecule has 5 heteroatoms. The number of hydrogen-bond acceptors (Lipinski definition) is 4. The summed E-state index contributed by atoms with van der Waals surface area (Å²) < 4.78 is 0. The van der Waals surface area contributed by atoms with Crippen molar-refractivity contribution < 1.29 is 15.0 Å². The van der Waals surface area contributed by atoms with Gasteiger partial charge in [-0.1, -0.05) is 12.8 Å². The van der Waals surface area contributed by atoms with Crippen LogP contribution in [0, 0.1) is 0 Å². The molecule has 1 unspecified atom stereocenters. The minimum Gasteiger partial charge on any atom is -0.394 e. The van der Waals surface area contributed by atoms with E-state index < -0.39 is 6.04 Å². The van der Waals surface area contributed by atoms with Crippen LogP contribution < -0.4 is 10.6 Å². The van der Waals surface area contributed by atoms with Gasteiger partial charge in [0.1, 0.15) is 0 Å². The van der Waals surface area contributed by atoms with Crippen LogP contribution in [0.2, 0.25) is 0 Å². The van der Waals surface area contributed by atoms with Crippen LogP contribution in [-0.2, 0) is 4.79 Å². The summed E-state index contributed by atoms with van der Waals surface area (Å²) in [6.07, 6.45) is 4.14. The van der Waals surface area contributed by atoms with E-state index in [0.29, 0.717) is 0 Å². The molecule has 0 aliphatic carbocycles. The van der Waals surface area contributed by atoms with Gasteiger partial charge in [0, 0.05) is 0 Å². The van der Waals surface area contributed by atoms with Gasteiger partial charge < -0.3 is 20.8 Å². The van der Waals surface area contributed by atoms with Crippen LogP contribution in [0.3, 0.4) is 0 Å². The third-order valence-corrected chi connectivity index (χ3v) is 2.66. The molecule has 0 bridgehead atoms. The summed E-state index contributed by atoms with van der Waals surface area (Å²) in [6, 6.07) is -0.712. The predicted octanol–water partition coefficient (Wildman–Crippen LogP) is -1.01. The summed E-state index contributed by atoms with van der Waals surface area (Å²) in [6.45, 7) is 0.408. The van der Waals surface area contributed by atoms with Crippen LogP contribution in [0.1, 0.15) is 25.7 Å². The van der Waals surface area contributed by atoms with Gasteiger partial charge in [0.2, 0.25) is 5.91 Å². The van der Waals surface area contributed by atoms with Gasteiger partial charge in [-0.05, 0) is 19.4 Å². The second-order valence-electron chi connectivity index (χ2n) is 3.93. The molecular weight excluding hydrogens is 196 g/mol. The smallest absolute Gasteiger partial charge is 0.237 e. The average Bonchev–Trinajstić information content (AvgIpc) is 2.54. The summed E-state index contributed by atoms with van der Waals surface area (Å²) in [5, 5.41) is 23.4. The highest BCUT2D eigenvalue weighted by molar-refractivity contribution is 5.82. The number of rotatable bonds is 4. The molecular formula is C10H20N2O3. The SMILES string of the molecule is O=C(NC(CO)CO)C1CCCCCN1. The molecule has 1 saturated heterocycles. The first-order chi connectivity index (χ1) is 7.27. The van der Waals surface area contributed by atoms with Crippen molar-refractivity contribution in [3.63, 3.8) is 0 Å². The van der Waals surface area contributed by atoms with Gasteiger partial charge >= 0.3 is 0 Å². The number of amides is 1. The van der Waals surface area contributed by atoms with E-state index in [4.69, 9.17) is 10.2 Å². The first kappa shape index (κ1) is 12.4. The maximum Gasteiger partial charge on any atom is 0.237 e. The summed E-state index contributed by atoms with van der Waals surface area (Å²) in [5.74, 6) is -0.120. The molecule has 0 spiro atoms. The number of hydrogen-bond donors (Lipinski definition) is 4. The van der Waals surface area contributed by atoms with E-state index in [1.165, 1.54) is 0 Å². The lowest BCUT2D eigenvalue weighted by atomic mass is 10.1. The molecule has 0 aromatic carbocycles. The lowest BCUT2D eigenvalue weighted by Gasteiger charge is -2.19. The zero-order chi connectivity index (χ0) is 11.1. The fraction of sp³-hybridized carbons (Fsp3) is 0.900. The van der Waals surface area contributed by atoms with E-state index in [1.807, 2.05) is 0 Å². The van der Waals surface area contributed by atoms with Gasteiger partial charge in [-0.3, -0.25) is 4.79 Å². The summed E-state index contributed by atoms with van der Waals surface area (Å²) in [5.41, 5.74) is 0. The third-order valence-electron chi connectivity index (χ3n) is 2.66. The molecule has 1 fully saturated rings. The van der Waals surface area contributed by atoms with E-state index >= 15 is 0 Å². The van der Waals surface area contributed by atoms with Gasteiger partial charge in [0.05, 0.1) is 25.3 Å². The molecule has 1 rings (SSSR count). The molecule has 0 radical (unpaired) electrons. The van der Waals surface area contributed by atoms with E-state index in [0.717, 1.165) is 32.2 Å². The highest BCUT2D eigenvalue weighted by atomic mass is 16.3. The standard InChI is InChI=1S/C10H20N2O3/c13-6-8(7-14)12-10(15)9-4-2-1-3-5-11-9/h8-9,11,13-14H,1-7H2,(H,12,15). The summed E-state index contributed by atoms with van der Waals surface area (Å²) in [7, 11) is 0. The van der Waals surface area contributed by atoms with Crippen LogP contribution in [0.5, 0.6) is 0 Å². The van der Waals surface area contributed by atoms with E-state index in [1.54, 1.807) is 0 Å². The Morgan fingerprint density at radius 2 is 2.07 bits per heavy atom. The monoisotopic (exact) mass is 216 g/mol. The number of carbonyl (C=O) groups is 1. The van der Waals surface area contributed by atoms with E-state index in [-0.39, 0.29) is 25.2 Å². The Kier molecular flexibility index (Phi) is 5.60. The van der Waals surface area contributed by atoms with Crippen LogP contribution in [0.4, 0.5) is 0 Å². The van der Waals surface area contributed by atoms with Crippen molar-refractivity contribution in [1.82, 2.24) is 10.6 Å². The Morgan fingerprint density at radius 3 is 2.73 bits per heavy atom. The quantitative estimate of drug-likeness (QED) is 0.485. The molecule has 1 aliphatic rings. The third kappa shape index (κ3) is 4.15. The largest absolute Gasteiger partial charge is 0.394 e. The fourth-order valence-electron chi connectivity index (χ4n) is 1.70. The maximum atomic E-state index is 11.7. The Hall–Kier alpha value is -0.650. The predicted molar refractivity (Wildman–Crippen MR) is 56.4 cm³/mol. The molecule has 0 aromatic rings. The van der Waals surface area contributed by atoms with Crippen molar-refractivity contribution in [3.8, 4) is 0 Å². The fourth-order valence-corrected chi connectivity index (χ4v) is 1.70. The van der Waals surface area contributed by atoms with Crippen molar-refractivity contribution in [2.75, 3.05) is 19.8 Å². The number of nitrogens with one attached hydrogen (secondary N) is 2. The molecule has 1 atom stereocenters. The second kappa shape index (κ2) is 6.76. The average molecular weight is 216 g/mol. The Labute approximate surface area is 89.9 Å². The number of aliphatic hydroxyl groups is 2. The minimum atomic E-state index is -0.539. The highest BCUT2D eigenvalue weighted by Crippen LogP contribution is 2.08. The number of aliphatic hydroxyl groups excluding tert-OH is 2. The van der Waals surface area contributed by atoms with Gasteiger partial charge in [-0.25, -0.2) is 0 Å². The molecule has 1 amide bonds. The van der Waals surface area contributed by atoms with E-state index in [2.05, 4.69) is 10.6 Å². The molecule has 0 aromatic heterocycles. The van der Waals surface area contributed by atoms with Gasteiger partial charge in [0.15, 0.2) is 0 Å². The molecule has 0 saturated carbocycles. The van der Waals surface area contributed by atoms with Crippen molar-refractivity contribution in [2.24, 2.45) is 0 Å². The second-order valence-corrected chi connectivity index (χ2v) is 3.93. The van der Waals surface area contributed by atoms with Crippen molar-refractivity contribution >= 4 is 5.91 Å². The van der Waals surface area contributed by atoms with Gasteiger partial charge in [-0.15, -0.1) is 0 Å².